The highest BCUT2D eigenvalue weighted by molar-refractivity contribution is 7.19. The molecule has 0 bridgehead atoms. The van der Waals surface area contributed by atoms with Gasteiger partial charge in [-0.1, -0.05) is 53.3 Å². The van der Waals surface area contributed by atoms with Crippen molar-refractivity contribution in [2.24, 2.45) is 0 Å². The minimum absolute atomic E-state index is 0.0268. The molecule has 154 valence electrons. The van der Waals surface area contributed by atoms with Crippen LogP contribution in [-0.2, 0) is 0 Å². The molecule has 4 aromatic rings. The molecule has 1 amide bonds. The van der Waals surface area contributed by atoms with E-state index in [1.807, 2.05) is 32.0 Å². The molecule has 1 N–H and O–H groups in total. The lowest BCUT2D eigenvalue weighted by Gasteiger charge is -2.07. The quantitative estimate of drug-likeness (QED) is 0.300. The molecule has 1 aromatic heterocycles. The lowest BCUT2D eigenvalue weighted by atomic mass is 10.0. The molecule has 0 aliphatic rings. The number of benzene rings is 3. The van der Waals surface area contributed by atoms with Gasteiger partial charge in [-0.05, 0) is 49.2 Å². The first kappa shape index (κ1) is 20.4. The molecule has 6 nitrogen and oxygen atoms in total. The van der Waals surface area contributed by atoms with Gasteiger partial charge in [0.15, 0.2) is 5.13 Å². The van der Waals surface area contributed by atoms with Crippen LogP contribution < -0.4 is 5.32 Å². The van der Waals surface area contributed by atoms with Crippen LogP contribution in [0.1, 0.15) is 21.5 Å². The maximum Gasteiger partial charge on any atom is 0.269 e. The van der Waals surface area contributed by atoms with Crippen LogP contribution in [0.2, 0.25) is 0 Å². The van der Waals surface area contributed by atoms with Crippen molar-refractivity contribution in [1.82, 2.24) is 4.98 Å². The molecule has 0 unspecified atom stereocenters. The zero-order chi connectivity index (χ0) is 22.0. The van der Waals surface area contributed by atoms with E-state index in [0.717, 1.165) is 32.8 Å². The van der Waals surface area contributed by atoms with Gasteiger partial charge >= 0.3 is 0 Å². The lowest BCUT2D eigenvalue weighted by Crippen LogP contribution is -2.11. The highest BCUT2D eigenvalue weighted by Crippen LogP contribution is 2.40. The third kappa shape index (κ3) is 4.36. The number of non-ortho nitro benzene ring substituents is 1. The first-order valence-electron chi connectivity index (χ1n) is 9.62. The fourth-order valence-corrected chi connectivity index (χ4v) is 4.30. The molecule has 0 radical (unpaired) electrons. The van der Waals surface area contributed by atoms with Crippen molar-refractivity contribution in [3.8, 4) is 21.7 Å². The average Bonchev–Trinajstić information content (AvgIpc) is 3.17. The summed E-state index contributed by atoms with van der Waals surface area (Å²) in [7, 11) is 0. The Labute approximate surface area is 183 Å². The number of carbonyl (C=O) groups excluding carboxylic acids is 1. The van der Waals surface area contributed by atoms with E-state index < -0.39 is 4.92 Å². The largest absolute Gasteiger partial charge is 0.298 e. The summed E-state index contributed by atoms with van der Waals surface area (Å²) in [5, 5.41) is 14.4. The highest BCUT2D eigenvalue weighted by atomic mass is 32.1. The number of aryl methyl sites for hydroxylation is 2. The van der Waals surface area contributed by atoms with Gasteiger partial charge in [0.1, 0.15) is 0 Å². The van der Waals surface area contributed by atoms with Crippen LogP contribution in [0.5, 0.6) is 0 Å². The minimum atomic E-state index is -0.424. The average molecular weight is 430 g/mol. The first-order valence-corrected chi connectivity index (χ1v) is 10.4. The van der Waals surface area contributed by atoms with E-state index in [2.05, 4.69) is 11.4 Å². The maximum absolute atomic E-state index is 12.6. The topological polar surface area (TPSA) is 85.1 Å². The number of anilines is 1. The zero-order valence-electron chi connectivity index (χ0n) is 17.0. The number of hydrogen-bond acceptors (Lipinski definition) is 5. The van der Waals surface area contributed by atoms with Gasteiger partial charge in [-0.3, -0.25) is 20.2 Å². The number of nitrogens with zero attached hydrogens (tertiary/aromatic N) is 2. The fraction of sp³-hybridized carbons (Fsp3) is 0.0833. The van der Waals surface area contributed by atoms with E-state index in [4.69, 9.17) is 4.98 Å². The summed E-state index contributed by atoms with van der Waals surface area (Å²) in [6, 6.07) is 21.4. The summed E-state index contributed by atoms with van der Waals surface area (Å²) < 4.78 is 0. The molecule has 1 heterocycles. The molecule has 0 aliphatic heterocycles. The molecule has 3 aromatic carbocycles. The molecule has 31 heavy (non-hydrogen) atoms. The monoisotopic (exact) mass is 429 g/mol. The number of carbonyl (C=O) groups is 1. The van der Waals surface area contributed by atoms with Gasteiger partial charge in [0, 0.05) is 23.3 Å². The van der Waals surface area contributed by atoms with Crippen LogP contribution in [0.25, 0.3) is 21.7 Å². The van der Waals surface area contributed by atoms with Gasteiger partial charge in [0.2, 0.25) is 0 Å². The number of thiazole rings is 1. The summed E-state index contributed by atoms with van der Waals surface area (Å²) in [5.41, 5.74) is 5.27. The predicted molar refractivity (Wildman–Crippen MR) is 124 cm³/mol. The standard InChI is InChI=1S/C24H19N3O3S/c1-15-8-13-20(16(2)14-15)21-22(17-9-11-19(12-10-17)27(29)30)31-24(25-21)26-23(28)18-6-4-3-5-7-18/h3-14H,1-2H3,(H,25,26,28). The van der Waals surface area contributed by atoms with Crippen molar-refractivity contribution >= 4 is 28.1 Å². The lowest BCUT2D eigenvalue weighted by molar-refractivity contribution is -0.384. The number of nitrogens with one attached hydrogen (secondary N) is 1. The molecular weight excluding hydrogens is 410 g/mol. The molecule has 4 rings (SSSR count). The SMILES string of the molecule is Cc1ccc(-c2nc(NC(=O)c3ccccc3)sc2-c2ccc([N+](=O)[O-])cc2)c(C)c1. The highest BCUT2D eigenvalue weighted by Gasteiger charge is 2.19. The van der Waals surface area contributed by atoms with Crippen LogP contribution in [0.3, 0.4) is 0 Å². The van der Waals surface area contributed by atoms with Crippen LogP contribution >= 0.6 is 11.3 Å². The van der Waals surface area contributed by atoms with Gasteiger partial charge in [-0.15, -0.1) is 0 Å². The number of nitro groups is 1. The predicted octanol–water partition coefficient (Wildman–Crippen LogP) is 6.25. The van der Waals surface area contributed by atoms with Crippen LogP contribution in [0.15, 0.2) is 72.8 Å². The molecule has 0 saturated heterocycles. The molecule has 0 aliphatic carbocycles. The van der Waals surface area contributed by atoms with E-state index in [0.29, 0.717) is 10.7 Å². The van der Waals surface area contributed by atoms with Gasteiger partial charge in [-0.2, -0.15) is 0 Å². The van der Waals surface area contributed by atoms with Gasteiger partial charge in [0.25, 0.3) is 11.6 Å². The van der Waals surface area contributed by atoms with Crippen LogP contribution in [0.4, 0.5) is 10.8 Å². The van der Waals surface area contributed by atoms with Crippen molar-refractivity contribution in [2.45, 2.75) is 13.8 Å². The second kappa shape index (κ2) is 8.49. The second-order valence-corrected chi connectivity index (χ2v) is 8.14. The number of rotatable bonds is 5. The summed E-state index contributed by atoms with van der Waals surface area (Å²) in [6.07, 6.45) is 0. The second-order valence-electron chi connectivity index (χ2n) is 7.14. The molecule has 0 spiro atoms. The Bertz CT molecular complexity index is 1270. The van der Waals surface area contributed by atoms with Crippen molar-refractivity contribution in [3.63, 3.8) is 0 Å². The third-order valence-corrected chi connectivity index (χ3v) is 5.88. The molecule has 0 atom stereocenters. The molecule has 7 heteroatoms. The molecule has 0 fully saturated rings. The smallest absolute Gasteiger partial charge is 0.269 e. The Morgan fingerprint density at radius 2 is 1.71 bits per heavy atom. The Morgan fingerprint density at radius 1 is 1.00 bits per heavy atom. The van der Waals surface area contributed by atoms with Crippen LogP contribution in [0, 0.1) is 24.0 Å². The third-order valence-electron chi connectivity index (χ3n) is 4.86. The van der Waals surface area contributed by atoms with E-state index in [9.17, 15) is 14.9 Å². The number of aromatic nitrogens is 1. The Morgan fingerprint density at radius 3 is 2.35 bits per heavy atom. The number of nitro benzene ring substituents is 1. The molecule has 0 saturated carbocycles. The summed E-state index contributed by atoms with van der Waals surface area (Å²) in [5.74, 6) is -0.239. The van der Waals surface area contributed by atoms with Crippen molar-refractivity contribution in [1.29, 1.82) is 0 Å². The Hall–Kier alpha value is -3.84. The first-order chi connectivity index (χ1) is 14.9. The summed E-state index contributed by atoms with van der Waals surface area (Å²) in [4.78, 5) is 28.8. The van der Waals surface area contributed by atoms with E-state index in [1.54, 1.807) is 36.4 Å². The van der Waals surface area contributed by atoms with Crippen LogP contribution in [-0.4, -0.2) is 15.8 Å². The normalized spacial score (nSPS) is 10.6. The fourth-order valence-electron chi connectivity index (χ4n) is 3.32. The van der Waals surface area contributed by atoms with E-state index >= 15 is 0 Å². The molecular formula is C24H19N3O3S. The van der Waals surface area contributed by atoms with E-state index in [1.165, 1.54) is 23.5 Å². The minimum Gasteiger partial charge on any atom is -0.298 e. The Balaban J connectivity index is 1.78. The van der Waals surface area contributed by atoms with Gasteiger partial charge in [-0.25, -0.2) is 4.98 Å². The number of hydrogen-bond donors (Lipinski definition) is 1. The van der Waals surface area contributed by atoms with Crippen molar-refractivity contribution in [3.05, 3.63) is 99.6 Å². The summed E-state index contributed by atoms with van der Waals surface area (Å²) >= 11 is 1.34. The van der Waals surface area contributed by atoms with Gasteiger partial charge in [0.05, 0.1) is 15.5 Å². The zero-order valence-corrected chi connectivity index (χ0v) is 17.8. The van der Waals surface area contributed by atoms with Crippen molar-refractivity contribution in [2.75, 3.05) is 5.32 Å². The van der Waals surface area contributed by atoms with Gasteiger partial charge < -0.3 is 0 Å². The Kier molecular flexibility index (Phi) is 5.60. The summed E-state index contributed by atoms with van der Waals surface area (Å²) in [6.45, 7) is 4.05. The van der Waals surface area contributed by atoms with Crippen molar-refractivity contribution < 1.29 is 9.72 Å². The maximum atomic E-state index is 12.6. The number of amides is 1. The van der Waals surface area contributed by atoms with E-state index in [-0.39, 0.29) is 11.6 Å².